The third-order valence-electron chi connectivity index (χ3n) is 2.58. The van der Waals surface area contributed by atoms with Gasteiger partial charge in [-0.2, -0.15) is 0 Å². The van der Waals surface area contributed by atoms with E-state index in [4.69, 9.17) is 20.8 Å². The molecule has 17 heavy (non-hydrogen) atoms. The van der Waals surface area contributed by atoms with Crippen molar-refractivity contribution in [1.29, 1.82) is 0 Å². The molecule has 0 aliphatic carbocycles. The molecular formula is C13H16ClNO2. The van der Waals surface area contributed by atoms with E-state index < -0.39 is 0 Å². The topological polar surface area (TPSA) is 34.4 Å². The maximum absolute atomic E-state index is 6.07. The standard InChI is InChI=1S/C13H16ClNO2/c1-2-16-8-7-15-9-11-10-5-3-4-6-12(10)17-13(11)14/h3-6,15H,2,7-9H2,1H3. The molecule has 92 valence electrons. The van der Waals surface area contributed by atoms with Crippen LogP contribution >= 0.6 is 11.6 Å². The minimum Gasteiger partial charge on any atom is -0.444 e. The highest BCUT2D eigenvalue weighted by molar-refractivity contribution is 6.30. The van der Waals surface area contributed by atoms with Crippen LogP contribution in [0.15, 0.2) is 28.7 Å². The van der Waals surface area contributed by atoms with E-state index in [0.717, 1.165) is 29.7 Å². The van der Waals surface area contributed by atoms with Gasteiger partial charge in [0.15, 0.2) is 5.22 Å². The van der Waals surface area contributed by atoms with Gasteiger partial charge in [0, 0.05) is 30.6 Å². The smallest absolute Gasteiger partial charge is 0.199 e. The molecule has 2 aromatic rings. The second-order valence-corrected chi connectivity index (χ2v) is 4.07. The predicted octanol–water partition coefficient (Wildman–Crippen LogP) is 3.21. The number of furan rings is 1. The van der Waals surface area contributed by atoms with Crippen molar-refractivity contribution in [2.45, 2.75) is 13.5 Å². The van der Waals surface area contributed by atoms with Crippen molar-refractivity contribution < 1.29 is 9.15 Å². The minimum absolute atomic E-state index is 0.468. The number of hydrogen-bond donors (Lipinski definition) is 1. The van der Waals surface area contributed by atoms with E-state index in [0.29, 0.717) is 18.4 Å². The Hall–Kier alpha value is -1.03. The second-order valence-electron chi connectivity index (χ2n) is 3.72. The van der Waals surface area contributed by atoms with Crippen LogP contribution in [0.25, 0.3) is 11.0 Å². The van der Waals surface area contributed by atoms with E-state index in [1.54, 1.807) is 0 Å². The van der Waals surface area contributed by atoms with Gasteiger partial charge in [0.05, 0.1) is 6.61 Å². The molecule has 0 amide bonds. The van der Waals surface area contributed by atoms with Crippen molar-refractivity contribution in [1.82, 2.24) is 5.32 Å². The molecule has 0 spiro atoms. The van der Waals surface area contributed by atoms with Gasteiger partial charge in [0.1, 0.15) is 5.58 Å². The second kappa shape index (κ2) is 6.05. The predicted molar refractivity (Wildman–Crippen MR) is 69.4 cm³/mol. The molecule has 0 aliphatic heterocycles. The maximum Gasteiger partial charge on any atom is 0.199 e. The first kappa shape index (κ1) is 12.4. The Kier molecular flexibility index (Phi) is 4.42. The monoisotopic (exact) mass is 253 g/mol. The summed E-state index contributed by atoms with van der Waals surface area (Å²) >= 11 is 6.07. The van der Waals surface area contributed by atoms with Crippen molar-refractivity contribution in [3.63, 3.8) is 0 Å². The van der Waals surface area contributed by atoms with Crippen LogP contribution in [0.1, 0.15) is 12.5 Å². The van der Waals surface area contributed by atoms with Gasteiger partial charge in [-0.3, -0.25) is 0 Å². The Morgan fingerprint density at radius 3 is 3.00 bits per heavy atom. The number of hydrogen-bond acceptors (Lipinski definition) is 3. The number of nitrogens with one attached hydrogen (secondary N) is 1. The summed E-state index contributed by atoms with van der Waals surface area (Å²) < 4.78 is 10.7. The fraction of sp³-hybridized carbons (Fsp3) is 0.385. The van der Waals surface area contributed by atoms with Crippen molar-refractivity contribution in [2.24, 2.45) is 0 Å². The van der Waals surface area contributed by atoms with Gasteiger partial charge in [-0.15, -0.1) is 0 Å². The summed E-state index contributed by atoms with van der Waals surface area (Å²) in [6, 6.07) is 7.86. The molecule has 0 aliphatic rings. The molecule has 0 saturated heterocycles. The van der Waals surface area contributed by atoms with Gasteiger partial charge in [-0.1, -0.05) is 18.2 Å². The molecule has 0 fully saturated rings. The number of benzene rings is 1. The molecule has 0 bridgehead atoms. The Bertz CT molecular complexity index is 481. The first-order valence-electron chi connectivity index (χ1n) is 5.77. The van der Waals surface area contributed by atoms with Crippen LogP contribution in [-0.4, -0.2) is 19.8 Å². The van der Waals surface area contributed by atoms with Crippen LogP contribution in [0.4, 0.5) is 0 Å². The zero-order valence-electron chi connectivity index (χ0n) is 9.83. The lowest BCUT2D eigenvalue weighted by Gasteiger charge is -2.03. The molecule has 1 aromatic heterocycles. The molecule has 0 unspecified atom stereocenters. The molecule has 4 heteroatoms. The van der Waals surface area contributed by atoms with Gasteiger partial charge in [-0.25, -0.2) is 0 Å². The Morgan fingerprint density at radius 1 is 1.35 bits per heavy atom. The van der Waals surface area contributed by atoms with Gasteiger partial charge in [0.25, 0.3) is 0 Å². The summed E-state index contributed by atoms with van der Waals surface area (Å²) in [7, 11) is 0. The first-order chi connectivity index (χ1) is 8.33. The van der Waals surface area contributed by atoms with E-state index >= 15 is 0 Å². The minimum atomic E-state index is 0.468. The lowest BCUT2D eigenvalue weighted by atomic mass is 10.2. The average molecular weight is 254 g/mol. The van der Waals surface area contributed by atoms with Gasteiger partial charge in [0.2, 0.25) is 0 Å². The lowest BCUT2D eigenvalue weighted by Crippen LogP contribution is -2.19. The Labute approximate surface area is 106 Å². The third kappa shape index (κ3) is 3.00. The summed E-state index contributed by atoms with van der Waals surface area (Å²) in [5.74, 6) is 0. The third-order valence-corrected chi connectivity index (χ3v) is 2.88. The molecule has 0 saturated carbocycles. The SMILES string of the molecule is CCOCCNCc1c(Cl)oc2ccccc12. The highest BCUT2D eigenvalue weighted by Crippen LogP contribution is 2.29. The van der Waals surface area contributed by atoms with Crippen LogP contribution in [0, 0.1) is 0 Å². The van der Waals surface area contributed by atoms with Gasteiger partial charge >= 0.3 is 0 Å². The van der Waals surface area contributed by atoms with E-state index in [1.165, 1.54) is 0 Å². The summed E-state index contributed by atoms with van der Waals surface area (Å²) in [5, 5.41) is 4.82. The molecular weight excluding hydrogens is 238 g/mol. The fourth-order valence-electron chi connectivity index (χ4n) is 1.74. The number of halogens is 1. The number of para-hydroxylation sites is 1. The highest BCUT2D eigenvalue weighted by Gasteiger charge is 2.10. The van der Waals surface area contributed by atoms with E-state index in [2.05, 4.69) is 5.32 Å². The van der Waals surface area contributed by atoms with Crippen LogP contribution in [0.5, 0.6) is 0 Å². The summed E-state index contributed by atoms with van der Waals surface area (Å²) in [4.78, 5) is 0. The zero-order chi connectivity index (χ0) is 12.1. The molecule has 1 aromatic carbocycles. The Balaban J connectivity index is 2.00. The number of fused-ring (bicyclic) bond motifs is 1. The van der Waals surface area contributed by atoms with Crippen LogP contribution in [0.2, 0.25) is 5.22 Å². The molecule has 1 N–H and O–H groups in total. The molecule has 3 nitrogen and oxygen atoms in total. The van der Waals surface area contributed by atoms with Crippen LogP contribution in [0.3, 0.4) is 0 Å². The van der Waals surface area contributed by atoms with Crippen molar-refractivity contribution >= 4 is 22.6 Å². The highest BCUT2D eigenvalue weighted by atomic mass is 35.5. The molecule has 1 heterocycles. The first-order valence-corrected chi connectivity index (χ1v) is 6.15. The number of ether oxygens (including phenoxy) is 1. The number of rotatable bonds is 6. The molecule has 2 rings (SSSR count). The van der Waals surface area contributed by atoms with E-state index in [9.17, 15) is 0 Å². The molecule has 0 atom stereocenters. The largest absolute Gasteiger partial charge is 0.444 e. The fourth-order valence-corrected chi connectivity index (χ4v) is 1.99. The average Bonchev–Trinajstić information content (AvgIpc) is 2.65. The lowest BCUT2D eigenvalue weighted by molar-refractivity contribution is 0.149. The quantitative estimate of drug-likeness (QED) is 0.803. The summed E-state index contributed by atoms with van der Waals surface area (Å²) in [6.45, 7) is 4.95. The molecule has 0 radical (unpaired) electrons. The summed E-state index contributed by atoms with van der Waals surface area (Å²) in [5.41, 5.74) is 1.85. The van der Waals surface area contributed by atoms with Crippen LogP contribution < -0.4 is 5.32 Å². The van der Waals surface area contributed by atoms with E-state index in [1.807, 2.05) is 31.2 Å². The zero-order valence-corrected chi connectivity index (χ0v) is 10.6. The summed E-state index contributed by atoms with van der Waals surface area (Å²) in [6.07, 6.45) is 0. The van der Waals surface area contributed by atoms with E-state index in [-0.39, 0.29) is 0 Å². The van der Waals surface area contributed by atoms with Gasteiger partial charge < -0.3 is 14.5 Å². The normalized spacial score (nSPS) is 11.2. The van der Waals surface area contributed by atoms with Crippen LogP contribution in [-0.2, 0) is 11.3 Å². The van der Waals surface area contributed by atoms with Crippen molar-refractivity contribution in [3.8, 4) is 0 Å². The Morgan fingerprint density at radius 2 is 2.18 bits per heavy atom. The maximum atomic E-state index is 6.07. The van der Waals surface area contributed by atoms with Crippen molar-refractivity contribution in [3.05, 3.63) is 35.0 Å². The van der Waals surface area contributed by atoms with Gasteiger partial charge in [-0.05, 0) is 24.6 Å². The van der Waals surface area contributed by atoms with Crippen molar-refractivity contribution in [2.75, 3.05) is 19.8 Å².